The lowest BCUT2D eigenvalue weighted by Gasteiger charge is -2.16. The molecule has 1 atom stereocenters. The summed E-state index contributed by atoms with van der Waals surface area (Å²) in [5.41, 5.74) is 0.691. The Bertz CT molecular complexity index is 424. The van der Waals surface area contributed by atoms with E-state index in [1.165, 1.54) is 6.07 Å². The van der Waals surface area contributed by atoms with Gasteiger partial charge < -0.3 is 10.0 Å². The van der Waals surface area contributed by atoms with E-state index < -0.39 is 0 Å². The summed E-state index contributed by atoms with van der Waals surface area (Å²) < 4.78 is 0. The number of carbonyl (C=O) groups excluding carboxylic acids is 1. The van der Waals surface area contributed by atoms with Crippen LogP contribution in [0.4, 0.5) is 5.69 Å². The summed E-state index contributed by atoms with van der Waals surface area (Å²) in [5, 5.41) is 9.78. The van der Waals surface area contributed by atoms with Crippen LogP contribution in [0, 0.1) is 5.92 Å². The Labute approximate surface area is 104 Å². The van der Waals surface area contributed by atoms with E-state index in [2.05, 4.69) is 12.6 Å². The standard InChI is InChI=1S/C11H12ClNO2S/c12-9-2-1-8(4-10(9)14)13-5-7(6-16)3-11(13)15/h1-2,4,7,14,16H,3,5-6H2. The van der Waals surface area contributed by atoms with Gasteiger partial charge in [0.15, 0.2) is 0 Å². The number of anilines is 1. The van der Waals surface area contributed by atoms with E-state index >= 15 is 0 Å². The first-order valence-corrected chi connectivity index (χ1v) is 6.02. The molecule has 1 aromatic rings. The zero-order valence-corrected chi connectivity index (χ0v) is 10.2. The van der Waals surface area contributed by atoms with Crippen LogP contribution in [-0.2, 0) is 4.79 Å². The van der Waals surface area contributed by atoms with Crippen molar-refractivity contribution in [1.82, 2.24) is 0 Å². The number of amides is 1. The number of thiol groups is 1. The van der Waals surface area contributed by atoms with Crippen LogP contribution >= 0.6 is 24.2 Å². The van der Waals surface area contributed by atoms with Gasteiger partial charge in [-0.3, -0.25) is 4.79 Å². The lowest BCUT2D eigenvalue weighted by molar-refractivity contribution is -0.117. The lowest BCUT2D eigenvalue weighted by Crippen LogP contribution is -2.24. The van der Waals surface area contributed by atoms with E-state index in [0.29, 0.717) is 29.4 Å². The molecule has 1 fully saturated rings. The Balaban J connectivity index is 2.24. The average Bonchev–Trinajstić information content (AvgIpc) is 2.64. The normalized spacial score (nSPS) is 20.5. The van der Waals surface area contributed by atoms with Crippen LogP contribution in [0.2, 0.25) is 5.02 Å². The largest absolute Gasteiger partial charge is 0.506 e. The Kier molecular flexibility index (Phi) is 3.30. The minimum Gasteiger partial charge on any atom is -0.506 e. The number of hydrogen-bond donors (Lipinski definition) is 2. The van der Waals surface area contributed by atoms with Crippen LogP contribution < -0.4 is 4.90 Å². The maximum atomic E-state index is 11.7. The molecule has 16 heavy (non-hydrogen) atoms. The van der Waals surface area contributed by atoms with Gasteiger partial charge in [0.05, 0.1) is 5.02 Å². The number of phenolic OH excluding ortho intramolecular Hbond substituents is 1. The summed E-state index contributed by atoms with van der Waals surface area (Å²) in [6, 6.07) is 4.84. The van der Waals surface area contributed by atoms with Gasteiger partial charge in [-0.1, -0.05) is 11.6 Å². The third kappa shape index (κ3) is 2.13. The van der Waals surface area contributed by atoms with Crippen molar-refractivity contribution in [3.63, 3.8) is 0 Å². The zero-order valence-electron chi connectivity index (χ0n) is 8.56. The van der Waals surface area contributed by atoms with Crippen molar-refractivity contribution in [3.05, 3.63) is 23.2 Å². The van der Waals surface area contributed by atoms with Gasteiger partial charge in [0.1, 0.15) is 5.75 Å². The molecule has 0 radical (unpaired) electrons. The predicted molar refractivity (Wildman–Crippen MR) is 67.4 cm³/mol. The third-order valence-electron chi connectivity index (χ3n) is 2.70. The topological polar surface area (TPSA) is 40.5 Å². The number of carbonyl (C=O) groups is 1. The molecule has 0 spiro atoms. The Morgan fingerprint density at radius 2 is 2.31 bits per heavy atom. The zero-order chi connectivity index (χ0) is 11.7. The minimum atomic E-state index is 0.00119. The Morgan fingerprint density at radius 1 is 1.56 bits per heavy atom. The summed E-state index contributed by atoms with van der Waals surface area (Å²) in [4.78, 5) is 13.4. The number of rotatable bonds is 2. The number of benzene rings is 1. The minimum absolute atomic E-state index is 0.00119. The molecule has 1 aliphatic rings. The second kappa shape index (κ2) is 4.55. The molecule has 1 amide bonds. The summed E-state index contributed by atoms with van der Waals surface area (Å²) in [6.07, 6.45) is 0.521. The molecule has 0 bridgehead atoms. The molecule has 5 heteroatoms. The van der Waals surface area contributed by atoms with Crippen molar-refractivity contribution in [1.29, 1.82) is 0 Å². The summed E-state index contributed by atoms with van der Waals surface area (Å²) in [5.74, 6) is 1.05. The van der Waals surface area contributed by atoms with E-state index in [1.54, 1.807) is 17.0 Å². The van der Waals surface area contributed by atoms with Gasteiger partial charge in [0, 0.05) is 24.7 Å². The van der Waals surface area contributed by atoms with Crippen molar-refractivity contribution < 1.29 is 9.90 Å². The first-order valence-electron chi connectivity index (χ1n) is 5.01. The molecular weight excluding hydrogens is 246 g/mol. The molecule has 86 valence electrons. The van der Waals surface area contributed by atoms with Crippen molar-refractivity contribution in [2.24, 2.45) is 5.92 Å². The van der Waals surface area contributed by atoms with Crippen LogP contribution in [0.5, 0.6) is 5.75 Å². The fraction of sp³-hybridized carbons (Fsp3) is 0.364. The van der Waals surface area contributed by atoms with Gasteiger partial charge in [-0.05, 0) is 23.8 Å². The SMILES string of the molecule is O=C1CC(CS)CN1c1ccc(Cl)c(O)c1. The van der Waals surface area contributed by atoms with Gasteiger partial charge in [0.2, 0.25) is 5.91 Å². The second-order valence-electron chi connectivity index (χ2n) is 3.89. The highest BCUT2D eigenvalue weighted by molar-refractivity contribution is 7.80. The van der Waals surface area contributed by atoms with Crippen LogP contribution in [-0.4, -0.2) is 23.3 Å². The average molecular weight is 258 g/mol. The maximum absolute atomic E-state index is 11.7. The molecule has 1 unspecified atom stereocenters. The van der Waals surface area contributed by atoms with Crippen molar-refractivity contribution in [2.75, 3.05) is 17.2 Å². The molecule has 0 aliphatic carbocycles. The summed E-state index contributed by atoms with van der Waals surface area (Å²) >= 11 is 9.91. The highest BCUT2D eigenvalue weighted by atomic mass is 35.5. The van der Waals surface area contributed by atoms with E-state index in [4.69, 9.17) is 11.6 Å². The first kappa shape index (κ1) is 11.6. The van der Waals surface area contributed by atoms with Crippen molar-refractivity contribution in [3.8, 4) is 5.75 Å². The fourth-order valence-corrected chi connectivity index (χ4v) is 2.18. The molecule has 0 aromatic heterocycles. The molecule has 1 heterocycles. The van der Waals surface area contributed by atoms with E-state index in [9.17, 15) is 9.90 Å². The van der Waals surface area contributed by atoms with Gasteiger partial charge in [0.25, 0.3) is 0 Å². The fourth-order valence-electron chi connectivity index (χ4n) is 1.82. The smallest absolute Gasteiger partial charge is 0.227 e. The predicted octanol–water partition coefficient (Wildman–Crippen LogP) is 2.33. The number of nitrogens with zero attached hydrogens (tertiary/aromatic N) is 1. The molecule has 1 N–H and O–H groups in total. The monoisotopic (exact) mass is 257 g/mol. The Hall–Kier alpha value is -0.870. The highest BCUT2D eigenvalue weighted by Crippen LogP contribution is 2.31. The summed E-state index contributed by atoms with van der Waals surface area (Å²) in [7, 11) is 0. The lowest BCUT2D eigenvalue weighted by atomic mass is 10.1. The molecule has 3 nitrogen and oxygen atoms in total. The van der Waals surface area contributed by atoms with Crippen molar-refractivity contribution in [2.45, 2.75) is 6.42 Å². The number of hydrogen-bond acceptors (Lipinski definition) is 3. The van der Waals surface area contributed by atoms with E-state index in [1.807, 2.05) is 0 Å². The highest BCUT2D eigenvalue weighted by Gasteiger charge is 2.29. The van der Waals surface area contributed by atoms with E-state index in [0.717, 1.165) is 0 Å². The van der Waals surface area contributed by atoms with E-state index in [-0.39, 0.29) is 17.6 Å². The van der Waals surface area contributed by atoms with Crippen LogP contribution in [0.1, 0.15) is 6.42 Å². The molecule has 1 saturated heterocycles. The van der Waals surface area contributed by atoms with Crippen LogP contribution in [0.25, 0.3) is 0 Å². The molecule has 1 aromatic carbocycles. The molecular formula is C11H12ClNO2S. The van der Waals surface area contributed by atoms with Crippen molar-refractivity contribution >= 4 is 35.8 Å². The number of aromatic hydroxyl groups is 1. The molecule has 2 rings (SSSR count). The van der Waals surface area contributed by atoms with Gasteiger partial charge in [-0.15, -0.1) is 0 Å². The quantitative estimate of drug-likeness (QED) is 0.799. The summed E-state index contributed by atoms with van der Waals surface area (Å²) in [6.45, 7) is 0.656. The molecule has 1 aliphatic heterocycles. The Morgan fingerprint density at radius 3 is 2.88 bits per heavy atom. The third-order valence-corrected chi connectivity index (χ3v) is 3.54. The second-order valence-corrected chi connectivity index (χ2v) is 4.67. The van der Waals surface area contributed by atoms with Gasteiger partial charge in [-0.25, -0.2) is 0 Å². The van der Waals surface area contributed by atoms with Crippen LogP contribution in [0.15, 0.2) is 18.2 Å². The number of phenols is 1. The molecule has 0 saturated carbocycles. The number of halogens is 1. The first-order chi connectivity index (χ1) is 7.61. The van der Waals surface area contributed by atoms with Gasteiger partial charge in [-0.2, -0.15) is 12.6 Å². The maximum Gasteiger partial charge on any atom is 0.227 e. The van der Waals surface area contributed by atoms with Crippen LogP contribution in [0.3, 0.4) is 0 Å². The van der Waals surface area contributed by atoms with Gasteiger partial charge >= 0.3 is 0 Å².